The number of hydrogen-bond acceptors (Lipinski definition) is 5. The first-order valence-electron chi connectivity index (χ1n) is 5.02. The standard InChI is InChI=1S/C10H17N5O/c1-15(6-3-7-16-2)10-13-5-4-8(14-10)9(11)12/h4-5H,3,6-7H2,1-2H3,(H3,11,12). The average Bonchev–Trinajstić information content (AvgIpc) is 2.29. The van der Waals surface area contributed by atoms with E-state index in [0.29, 0.717) is 18.2 Å². The van der Waals surface area contributed by atoms with Crippen molar-refractivity contribution in [1.82, 2.24) is 9.97 Å². The fourth-order valence-electron chi connectivity index (χ4n) is 1.23. The number of nitrogens with zero attached hydrogens (tertiary/aromatic N) is 3. The van der Waals surface area contributed by atoms with Gasteiger partial charge in [0.2, 0.25) is 5.95 Å². The molecule has 1 rings (SSSR count). The molecule has 0 aliphatic heterocycles. The molecule has 0 aromatic carbocycles. The van der Waals surface area contributed by atoms with Crippen LogP contribution in [0.5, 0.6) is 0 Å². The second-order valence-corrected chi connectivity index (χ2v) is 3.42. The first kappa shape index (κ1) is 12.4. The summed E-state index contributed by atoms with van der Waals surface area (Å²) in [4.78, 5) is 10.2. The number of hydrogen-bond donors (Lipinski definition) is 2. The van der Waals surface area contributed by atoms with Crippen molar-refractivity contribution < 1.29 is 4.74 Å². The van der Waals surface area contributed by atoms with Gasteiger partial charge in [-0.15, -0.1) is 0 Å². The third-order valence-electron chi connectivity index (χ3n) is 2.10. The Hall–Kier alpha value is -1.69. The van der Waals surface area contributed by atoms with E-state index in [-0.39, 0.29) is 5.84 Å². The van der Waals surface area contributed by atoms with Gasteiger partial charge in [0.1, 0.15) is 11.5 Å². The van der Waals surface area contributed by atoms with Crippen LogP contribution < -0.4 is 10.6 Å². The minimum absolute atomic E-state index is 0.0473. The summed E-state index contributed by atoms with van der Waals surface area (Å²) in [6, 6.07) is 1.62. The molecule has 0 bridgehead atoms. The molecule has 6 heteroatoms. The molecular formula is C10H17N5O. The highest BCUT2D eigenvalue weighted by Gasteiger charge is 2.06. The van der Waals surface area contributed by atoms with Crippen LogP contribution in [0, 0.1) is 5.41 Å². The van der Waals surface area contributed by atoms with Gasteiger partial charge in [0.05, 0.1) is 0 Å². The summed E-state index contributed by atoms with van der Waals surface area (Å²) in [6.45, 7) is 1.51. The quantitative estimate of drug-likeness (QED) is 0.409. The number of nitrogens with two attached hydrogens (primary N) is 1. The van der Waals surface area contributed by atoms with E-state index >= 15 is 0 Å². The third kappa shape index (κ3) is 3.47. The van der Waals surface area contributed by atoms with Gasteiger partial charge in [0.15, 0.2) is 0 Å². The maximum absolute atomic E-state index is 7.29. The molecule has 16 heavy (non-hydrogen) atoms. The van der Waals surface area contributed by atoms with Gasteiger partial charge < -0.3 is 15.4 Å². The van der Waals surface area contributed by atoms with Gasteiger partial charge in [0.25, 0.3) is 0 Å². The first-order valence-corrected chi connectivity index (χ1v) is 5.02. The highest BCUT2D eigenvalue weighted by Crippen LogP contribution is 2.05. The number of anilines is 1. The molecule has 0 aliphatic rings. The predicted octanol–water partition coefficient (Wildman–Crippen LogP) is 0.233. The van der Waals surface area contributed by atoms with Gasteiger partial charge in [0, 0.05) is 33.5 Å². The van der Waals surface area contributed by atoms with Crippen molar-refractivity contribution in [2.45, 2.75) is 6.42 Å². The Morgan fingerprint density at radius 2 is 2.38 bits per heavy atom. The Morgan fingerprint density at radius 3 is 3.00 bits per heavy atom. The normalized spacial score (nSPS) is 10.1. The summed E-state index contributed by atoms with van der Waals surface area (Å²) in [5.74, 6) is 0.526. The molecule has 0 saturated heterocycles. The zero-order valence-corrected chi connectivity index (χ0v) is 9.60. The SMILES string of the molecule is COCCCN(C)c1nccc(C(=N)N)n1. The van der Waals surface area contributed by atoms with E-state index in [0.717, 1.165) is 13.0 Å². The van der Waals surface area contributed by atoms with Crippen LogP contribution in [0.1, 0.15) is 12.1 Å². The molecule has 1 aromatic heterocycles. The summed E-state index contributed by atoms with van der Waals surface area (Å²) < 4.78 is 4.97. The van der Waals surface area contributed by atoms with Crippen LogP contribution in [-0.4, -0.2) is 43.1 Å². The first-order chi connectivity index (χ1) is 7.65. The average molecular weight is 223 g/mol. The van der Waals surface area contributed by atoms with Crippen LogP contribution in [-0.2, 0) is 4.74 Å². The number of methoxy groups -OCH3 is 1. The molecule has 3 N–H and O–H groups in total. The van der Waals surface area contributed by atoms with E-state index in [4.69, 9.17) is 15.9 Å². The van der Waals surface area contributed by atoms with E-state index in [1.165, 1.54) is 0 Å². The molecule has 0 saturated carbocycles. The number of amidine groups is 1. The molecule has 0 aliphatic carbocycles. The van der Waals surface area contributed by atoms with Crippen LogP contribution in [0.25, 0.3) is 0 Å². The van der Waals surface area contributed by atoms with Crippen molar-refractivity contribution in [3.63, 3.8) is 0 Å². The molecule has 1 aromatic rings. The minimum atomic E-state index is -0.0473. The van der Waals surface area contributed by atoms with Crippen LogP contribution >= 0.6 is 0 Å². The number of rotatable bonds is 6. The summed E-state index contributed by atoms with van der Waals surface area (Å²) in [5, 5.41) is 7.29. The number of nitrogens with one attached hydrogen (secondary N) is 1. The predicted molar refractivity (Wildman–Crippen MR) is 62.8 cm³/mol. The van der Waals surface area contributed by atoms with Crippen molar-refractivity contribution in [2.75, 3.05) is 32.2 Å². The van der Waals surface area contributed by atoms with Crippen molar-refractivity contribution in [1.29, 1.82) is 5.41 Å². The number of nitrogen functional groups attached to an aromatic ring is 1. The smallest absolute Gasteiger partial charge is 0.225 e. The van der Waals surface area contributed by atoms with Crippen LogP contribution in [0.4, 0.5) is 5.95 Å². The molecule has 0 radical (unpaired) electrons. The monoisotopic (exact) mass is 223 g/mol. The maximum Gasteiger partial charge on any atom is 0.225 e. The fraction of sp³-hybridized carbons (Fsp3) is 0.500. The second kappa shape index (κ2) is 6.02. The lowest BCUT2D eigenvalue weighted by atomic mass is 10.4. The van der Waals surface area contributed by atoms with Crippen molar-refractivity contribution >= 4 is 11.8 Å². The highest BCUT2D eigenvalue weighted by atomic mass is 16.5. The number of aromatic nitrogens is 2. The highest BCUT2D eigenvalue weighted by molar-refractivity contribution is 5.93. The fourth-order valence-corrected chi connectivity index (χ4v) is 1.23. The zero-order chi connectivity index (χ0) is 12.0. The van der Waals surface area contributed by atoms with Crippen LogP contribution in [0.2, 0.25) is 0 Å². The minimum Gasteiger partial charge on any atom is -0.385 e. The molecule has 88 valence electrons. The zero-order valence-electron chi connectivity index (χ0n) is 9.60. The van der Waals surface area contributed by atoms with Gasteiger partial charge in [-0.2, -0.15) is 0 Å². The van der Waals surface area contributed by atoms with Crippen molar-refractivity contribution in [2.24, 2.45) is 5.73 Å². The Morgan fingerprint density at radius 1 is 1.62 bits per heavy atom. The molecular weight excluding hydrogens is 206 g/mol. The van der Waals surface area contributed by atoms with Gasteiger partial charge in [-0.1, -0.05) is 0 Å². The summed E-state index contributed by atoms with van der Waals surface area (Å²) >= 11 is 0. The molecule has 6 nitrogen and oxygen atoms in total. The van der Waals surface area contributed by atoms with E-state index in [1.54, 1.807) is 19.4 Å². The molecule has 0 atom stereocenters. The molecule has 1 heterocycles. The van der Waals surface area contributed by atoms with Gasteiger partial charge in [-0.3, -0.25) is 5.41 Å². The van der Waals surface area contributed by atoms with E-state index in [2.05, 4.69) is 9.97 Å². The van der Waals surface area contributed by atoms with Gasteiger partial charge >= 0.3 is 0 Å². The maximum atomic E-state index is 7.29. The largest absolute Gasteiger partial charge is 0.385 e. The third-order valence-corrected chi connectivity index (χ3v) is 2.10. The Balaban J connectivity index is 2.64. The molecule has 0 amide bonds. The number of ether oxygens (including phenoxy) is 1. The lowest BCUT2D eigenvalue weighted by Gasteiger charge is -2.16. The van der Waals surface area contributed by atoms with Gasteiger partial charge in [-0.25, -0.2) is 9.97 Å². The lowest BCUT2D eigenvalue weighted by Crippen LogP contribution is -2.23. The van der Waals surface area contributed by atoms with E-state index < -0.39 is 0 Å². The Kier molecular flexibility index (Phi) is 4.65. The Labute approximate surface area is 95.0 Å². The topological polar surface area (TPSA) is 88.1 Å². The molecule has 0 spiro atoms. The summed E-state index contributed by atoms with van der Waals surface area (Å²) in [6.07, 6.45) is 2.51. The molecule has 0 fully saturated rings. The Bertz CT molecular complexity index is 355. The summed E-state index contributed by atoms with van der Waals surface area (Å²) in [7, 11) is 3.57. The van der Waals surface area contributed by atoms with Crippen molar-refractivity contribution in [3.8, 4) is 0 Å². The van der Waals surface area contributed by atoms with Crippen LogP contribution in [0.3, 0.4) is 0 Å². The van der Waals surface area contributed by atoms with Crippen LogP contribution in [0.15, 0.2) is 12.3 Å². The van der Waals surface area contributed by atoms with E-state index in [1.807, 2.05) is 11.9 Å². The van der Waals surface area contributed by atoms with E-state index in [9.17, 15) is 0 Å². The molecule has 0 unspecified atom stereocenters. The van der Waals surface area contributed by atoms with Gasteiger partial charge in [-0.05, 0) is 12.5 Å². The second-order valence-electron chi connectivity index (χ2n) is 3.42. The van der Waals surface area contributed by atoms with Crippen molar-refractivity contribution in [3.05, 3.63) is 18.0 Å². The summed E-state index contributed by atoms with van der Waals surface area (Å²) in [5.41, 5.74) is 5.81. The lowest BCUT2D eigenvalue weighted by molar-refractivity contribution is 0.196.